The third-order valence-corrected chi connectivity index (χ3v) is 3.95. The molecule has 18 heavy (non-hydrogen) atoms. The van der Waals surface area contributed by atoms with Gasteiger partial charge in [0.15, 0.2) is 0 Å². The van der Waals surface area contributed by atoms with Crippen LogP contribution in [0.15, 0.2) is 36.4 Å². The maximum Gasteiger partial charge on any atom is 0.256 e. The lowest BCUT2D eigenvalue weighted by molar-refractivity contribution is 0.0569. The average molecular weight is 238 g/mol. The van der Waals surface area contributed by atoms with Crippen LogP contribution in [0.2, 0.25) is 0 Å². The minimum absolute atomic E-state index is 0.0600. The lowest BCUT2D eigenvalue weighted by Crippen LogP contribution is -2.49. The zero-order chi connectivity index (χ0) is 12.1. The van der Waals surface area contributed by atoms with Gasteiger partial charge >= 0.3 is 0 Å². The second-order valence-electron chi connectivity index (χ2n) is 4.96. The van der Waals surface area contributed by atoms with E-state index in [0.717, 1.165) is 35.8 Å². The molecule has 2 heterocycles. The fourth-order valence-electron chi connectivity index (χ4n) is 3.15. The van der Waals surface area contributed by atoms with Gasteiger partial charge < -0.3 is 4.90 Å². The molecule has 1 fully saturated rings. The number of hydrogen-bond donors (Lipinski definition) is 1. The number of rotatable bonds is 0. The molecule has 0 saturated carbocycles. The van der Waals surface area contributed by atoms with Gasteiger partial charge in [0.2, 0.25) is 0 Å². The normalized spacial score (nSPS) is 22.1. The van der Waals surface area contributed by atoms with Crippen LogP contribution in [0.5, 0.6) is 0 Å². The summed E-state index contributed by atoms with van der Waals surface area (Å²) in [6, 6.07) is 12.3. The molecule has 1 atom stereocenters. The SMILES string of the molecule is O=C1c2cccc3cccc(c23)C2NCCCN12. The summed E-state index contributed by atoms with van der Waals surface area (Å²) in [5.74, 6) is 0.163. The third kappa shape index (κ3) is 1.20. The van der Waals surface area contributed by atoms with E-state index < -0.39 is 0 Å². The van der Waals surface area contributed by atoms with E-state index in [2.05, 4.69) is 29.6 Å². The molecule has 2 aliphatic rings. The minimum atomic E-state index is 0.0600. The highest BCUT2D eigenvalue weighted by molar-refractivity contribution is 6.10. The van der Waals surface area contributed by atoms with Gasteiger partial charge in [0.05, 0.1) is 0 Å². The Morgan fingerprint density at radius 2 is 2.00 bits per heavy atom. The first-order valence-electron chi connectivity index (χ1n) is 6.42. The van der Waals surface area contributed by atoms with Crippen LogP contribution < -0.4 is 5.32 Å². The molecule has 0 aliphatic carbocycles. The average Bonchev–Trinajstić information content (AvgIpc) is 2.44. The Kier molecular flexibility index (Phi) is 2.00. The lowest BCUT2D eigenvalue weighted by Gasteiger charge is -2.40. The summed E-state index contributed by atoms with van der Waals surface area (Å²) in [6.45, 7) is 1.83. The number of carbonyl (C=O) groups is 1. The Bertz CT molecular complexity index is 645. The van der Waals surface area contributed by atoms with Crippen molar-refractivity contribution in [1.82, 2.24) is 10.2 Å². The summed E-state index contributed by atoms with van der Waals surface area (Å²) in [5.41, 5.74) is 2.09. The number of nitrogens with zero attached hydrogens (tertiary/aromatic N) is 1. The van der Waals surface area contributed by atoms with E-state index in [-0.39, 0.29) is 12.1 Å². The van der Waals surface area contributed by atoms with E-state index in [1.54, 1.807) is 0 Å². The topological polar surface area (TPSA) is 32.3 Å². The van der Waals surface area contributed by atoms with Crippen molar-refractivity contribution in [2.24, 2.45) is 0 Å². The molecule has 2 aliphatic heterocycles. The molecule has 1 N–H and O–H groups in total. The van der Waals surface area contributed by atoms with Crippen molar-refractivity contribution in [3.05, 3.63) is 47.5 Å². The molecular weight excluding hydrogens is 224 g/mol. The van der Waals surface area contributed by atoms with Gasteiger partial charge in [-0.2, -0.15) is 0 Å². The van der Waals surface area contributed by atoms with Crippen LogP contribution in [-0.4, -0.2) is 23.9 Å². The smallest absolute Gasteiger partial charge is 0.256 e. The molecule has 3 nitrogen and oxygen atoms in total. The molecule has 0 radical (unpaired) electrons. The van der Waals surface area contributed by atoms with E-state index in [4.69, 9.17) is 0 Å². The highest BCUT2D eigenvalue weighted by Gasteiger charge is 2.34. The zero-order valence-corrected chi connectivity index (χ0v) is 10.0. The quantitative estimate of drug-likeness (QED) is 0.763. The van der Waals surface area contributed by atoms with Gasteiger partial charge in [-0.1, -0.05) is 30.3 Å². The van der Waals surface area contributed by atoms with Crippen molar-refractivity contribution in [1.29, 1.82) is 0 Å². The highest BCUT2D eigenvalue weighted by Crippen LogP contribution is 2.36. The molecule has 1 unspecified atom stereocenters. The number of amides is 1. The van der Waals surface area contributed by atoms with Gasteiger partial charge in [-0.15, -0.1) is 0 Å². The molecule has 1 saturated heterocycles. The first-order chi connectivity index (χ1) is 8.86. The van der Waals surface area contributed by atoms with Gasteiger partial charge in [-0.3, -0.25) is 10.1 Å². The van der Waals surface area contributed by atoms with Crippen molar-refractivity contribution < 1.29 is 4.79 Å². The third-order valence-electron chi connectivity index (χ3n) is 3.95. The predicted octanol–water partition coefficient (Wildman–Crippen LogP) is 2.29. The monoisotopic (exact) mass is 238 g/mol. The molecule has 0 aromatic heterocycles. The van der Waals surface area contributed by atoms with Crippen molar-refractivity contribution in [3.63, 3.8) is 0 Å². The summed E-state index contributed by atoms with van der Waals surface area (Å²) in [6.07, 6.45) is 1.09. The van der Waals surface area contributed by atoms with E-state index in [1.165, 1.54) is 5.56 Å². The highest BCUT2D eigenvalue weighted by atomic mass is 16.2. The Morgan fingerprint density at radius 3 is 2.89 bits per heavy atom. The summed E-state index contributed by atoms with van der Waals surface area (Å²) in [7, 11) is 0. The Morgan fingerprint density at radius 1 is 1.17 bits per heavy atom. The van der Waals surface area contributed by atoms with Crippen LogP contribution in [-0.2, 0) is 0 Å². The number of carbonyl (C=O) groups excluding carboxylic acids is 1. The van der Waals surface area contributed by atoms with E-state index in [9.17, 15) is 4.79 Å². The molecule has 0 spiro atoms. The van der Waals surface area contributed by atoms with Gasteiger partial charge in [-0.25, -0.2) is 0 Å². The largest absolute Gasteiger partial charge is 0.319 e. The number of benzene rings is 2. The Labute approximate surface area is 105 Å². The standard InChI is InChI=1S/C15H14N2O/c18-15-12-7-2-5-10-4-1-6-11(13(10)12)14-16-8-3-9-17(14)15/h1-2,4-7,14,16H,3,8-9H2. The van der Waals surface area contributed by atoms with Gasteiger partial charge in [0, 0.05) is 17.5 Å². The minimum Gasteiger partial charge on any atom is -0.319 e. The number of nitrogens with one attached hydrogen (secondary N) is 1. The van der Waals surface area contributed by atoms with Gasteiger partial charge in [0.25, 0.3) is 5.91 Å². The maximum atomic E-state index is 12.5. The summed E-state index contributed by atoms with van der Waals surface area (Å²) in [4.78, 5) is 14.5. The van der Waals surface area contributed by atoms with Crippen molar-refractivity contribution in [3.8, 4) is 0 Å². The van der Waals surface area contributed by atoms with Crippen LogP contribution in [0.25, 0.3) is 10.8 Å². The van der Waals surface area contributed by atoms with Crippen LogP contribution >= 0.6 is 0 Å². The van der Waals surface area contributed by atoms with Crippen LogP contribution in [0.4, 0.5) is 0 Å². The molecule has 0 bridgehead atoms. The van der Waals surface area contributed by atoms with Gasteiger partial charge in [-0.05, 0) is 30.0 Å². The fourth-order valence-corrected chi connectivity index (χ4v) is 3.15. The maximum absolute atomic E-state index is 12.5. The zero-order valence-electron chi connectivity index (χ0n) is 10.0. The molecule has 1 amide bonds. The molecule has 3 heteroatoms. The van der Waals surface area contributed by atoms with Crippen molar-refractivity contribution >= 4 is 16.7 Å². The van der Waals surface area contributed by atoms with Crippen LogP contribution in [0, 0.1) is 0 Å². The predicted molar refractivity (Wildman–Crippen MR) is 70.3 cm³/mol. The fraction of sp³-hybridized carbons (Fsp3) is 0.267. The second-order valence-corrected chi connectivity index (χ2v) is 4.96. The lowest BCUT2D eigenvalue weighted by atomic mass is 9.91. The molecule has 2 aromatic rings. The first kappa shape index (κ1) is 10.1. The Balaban J connectivity index is 2.07. The first-order valence-corrected chi connectivity index (χ1v) is 6.42. The molecule has 2 aromatic carbocycles. The summed E-state index contributed by atoms with van der Waals surface area (Å²) in [5, 5.41) is 5.74. The van der Waals surface area contributed by atoms with Crippen LogP contribution in [0.3, 0.4) is 0 Å². The van der Waals surface area contributed by atoms with Crippen LogP contribution in [0.1, 0.15) is 28.5 Å². The van der Waals surface area contributed by atoms with E-state index in [1.807, 2.05) is 17.0 Å². The summed E-state index contributed by atoms with van der Waals surface area (Å²) < 4.78 is 0. The summed E-state index contributed by atoms with van der Waals surface area (Å²) >= 11 is 0. The molecule has 90 valence electrons. The number of hydrogen-bond acceptors (Lipinski definition) is 2. The van der Waals surface area contributed by atoms with E-state index in [0.29, 0.717) is 0 Å². The molecular formula is C15H14N2O. The Hall–Kier alpha value is -1.87. The van der Waals surface area contributed by atoms with Gasteiger partial charge in [0.1, 0.15) is 6.17 Å². The van der Waals surface area contributed by atoms with E-state index >= 15 is 0 Å². The molecule has 4 rings (SSSR count). The number of fused-ring (bicyclic) bond motifs is 2. The second kappa shape index (κ2) is 3.56. The van der Waals surface area contributed by atoms with Crippen molar-refractivity contribution in [2.45, 2.75) is 12.6 Å². The van der Waals surface area contributed by atoms with Crippen molar-refractivity contribution in [2.75, 3.05) is 13.1 Å².